The van der Waals surface area contributed by atoms with Gasteiger partial charge < -0.3 is 5.32 Å². The Kier molecular flexibility index (Phi) is 1.77. The highest BCUT2D eigenvalue weighted by Gasteiger charge is 2.31. The van der Waals surface area contributed by atoms with Crippen LogP contribution in [0.5, 0.6) is 0 Å². The molecule has 2 heteroatoms. The summed E-state index contributed by atoms with van der Waals surface area (Å²) in [7, 11) is 0. The van der Waals surface area contributed by atoms with Crippen LogP contribution in [0.2, 0.25) is 0 Å². The van der Waals surface area contributed by atoms with Gasteiger partial charge in [-0.15, -0.1) is 0 Å². The molecule has 2 atom stereocenters. The molecule has 0 aromatic carbocycles. The van der Waals surface area contributed by atoms with Gasteiger partial charge in [0.1, 0.15) is 0 Å². The zero-order valence-corrected chi connectivity index (χ0v) is 8.31. The van der Waals surface area contributed by atoms with E-state index in [1.54, 1.807) is 16.9 Å². The third-order valence-electron chi connectivity index (χ3n) is 3.18. The standard InChI is InChI=1S/C11H13NS/c1-2-13-7-8(1)9-3-10-5-12-6-11(10)4-9/h1-3,7,10-12H,4-6H2/t10-,11+/m0/s1. The van der Waals surface area contributed by atoms with Crippen molar-refractivity contribution in [3.8, 4) is 0 Å². The van der Waals surface area contributed by atoms with E-state index >= 15 is 0 Å². The second kappa shape index (κ2) is 2.96. The summed E-state index contributed by atoms with van der Waals surface area (Å²) in [5, 5.41) is 7.88. The first kappa shape index (κ1) is 7.77. The van der Waals surface area contributed by atoms with Gasteiger partial charge in [0.05, 0.1) is 0 Å². The molecule has 0 bridgehead atoms. The van der Waals surface area contributed by atoms with E-state index in [2.05, 4.69) is 28.2 Å². The Morgan fingerprint density at radius 1 is 1.38 bits per heavy atom. The maximum absolute atomic E-state index is 3.45. The van der Waals surface area contributed by atoms with Crippen molar-refractivity contribution in [2.75, 3.05) is 13.1 Å². The Hall–Kier alpha value is -0.600. The van der Waals surface area contributed by atoms with Crippen molar-refractivity contribution >= 4 is 16.9 Å². The minimum absolute atomic E-state index is 0.815. The normalized spacial score (nSPS) is 31.8. The average Bonchev–Trinajstić information content (AvgIpc) is 2.78. The Bertz CT molecular complexity index is 326. The van der Waals surface area contributed by atoms with Crippen LogP contribution in [-0.2, 0) is 0 Å². The third kappa shape index (κ3) is 1.25. The molecule has 1 aromatic rings. The maximum atomic E-state index is 3.45. The minimum atomic E-state index is 0.815. The molecular formula is C11H13NS. The summed E-state index contributed by atoms with van der Waals surface area (Å²) >= 11 is 1.80. The Morgan fingerprint density at radius 2 is 2.38 bits per heavy atom. The molecule has 0 amide bonds. The molecule has 1 aromatic heterocycles. The van der Waals surface area contributed by atoms with Gasteiger partial charge in [0, 0.05) is 6.54 Å². The summed E-state index contributed by atoms with van der Waals surface area (Å²) in [4.78, 5) is 0. The molecule has 1 aliphatic carbocycles. The van der Waals surface area contributed by atoms with Gasteiger partial charge in [-0.05, 0) is 52.8 Å². The molecular weight excluding hydrogens is 178 g/mol. The van der Waals surface area contributed by atoms with E-state index in [0.717, 1.165) is 11.8 Å². The number of rotatable bonds is 1. The third-order valence-corrected chi connectivity index (χ3v) is 3.86. The summed E-state index contributed by atoms with van der Waals surface area (Å²) in [6.45, 7) is 2.41. The van der Waals surface area contributed by atoms with Crippen molar-refractivity contribution in [1.29, 1.82) is 0 Å². The fourth-order valence-electron chi connectivity index (χ4n) is 2.44. The molecule has 1 saturated heterocycles. The molecule has 1 nitrogen and oxygen atoms in total. The first-order valence-electron chi connectivity index (χ1n) is 4.87. The maximum Gasteiger partial charge on any atom is 0.00178 e. The highest BCUT2D eigenvalue weighted by atomic mass is 32.1. The van der Waals surface area contributed by atoms with Crippen molar-refractivity contribution in [3.05, 3.63) is 28.5 Å². The molecule has 0 spiro atoms. The average molecular weight is 191 g/mol. The summed E-state index contributed by atoms with van der Waals surface area (Å²) < 4.78 is 0. The fraction of sp³-hybridized carbons (Fsp3) is 0.455. The molecule has 1 fully saturated rings. The molecule has 1 aliphatic heterocycles. The number of thiophene rings is 1. The zero-order chi connectivity index (χ0) is 8.67. The van der Waals surface area contributed by atoms with Gasteiger partial charge >= 0.3 is 0 Å². The van der Waals surface area contributed by atoms with Crippen LogP contribution in [0.3, 0.4) is 0 Å². The molecule has 2 heterocycles. The zero-order valence-electron chi connectivity index (χ0n) is 7.49. The predicted molar refractivity (Wildman–Crippen MR) is 56.8 cm³/mol. The number of hydrogen-bond donors (Lipinski definition) is 1. The molecule has 0 radical (unpaired) electrons. The topological polar surface area (TPSA) is 12.0 Å². The molecule has 3 rings (SSSR count). The van der Waals surface area contributed by atoms with E-state index in [1.165, 1.54) is 25.1 Å². The lowest BCUT2D eigenvalue weighted by molar-refractivity contribution is 0.536. The van der Waals surface area contributed by atoms with Crippen molar-refractivity contribution in [1.82, 2.24) is 5.32 Å². The van der Waals surface area contributed by atoms with Gasteiger partial charge in [-0.25, -0.2) is 0 Å². The van der Waals surface area contributed by atoms with E-state index in [0.29, 0.717) is 0 Å². The monoisotopic (exact) mass is 191 g/mol. The first-order valence-corrected chi connectivity index (χ1v) is 5.82. The van der Waals surface area contributed by atoms with Crippen LogP contribution in [0.4, 0.5) is 0 Å². The Labute approximate surface area is 82.5 Å². The molecule has 0 unspecified atom stereocenters. The quantitative estimate of drug-likeness (QED) is 0.718. The number of allylic oxidation sites excluding steroid dienone is 1. The summed E-state index contributed by atoms with van der Waals surface area (Å²) in [6, 6.07) is 2.24. The number of hydrogen-bond acceptors (Lipinski definition) is 2. The lowest BCUT2D eigenvalue weighted by atomic mass is 9.99. The smallest absolute Gasteiger partial charge is 0.00178 e. The van der Waals surface area contributed by atoms with Crippen LogP contribution in [0.15, 0.2) is 22.9 Å². The predicted octanol–water partition coefficient (Wildman–Crippen LogP) is 2.37. The van der Waals surface area contributed by atoms with Gasteiger partial charge in [-0.1, -0.05) is 6.08 Å². The fourth-order valence-corrected chi connectivity index (χ4v) is 3.12. The SMILES string of the molecule is C1=C(c2ccsc2)C[C@@H]2CNC[C@H]12. The van der Waals surface area contributed by atoms with Crippen LogP contribution in [0, 0.1) is 11.8 Å². The molecule has 2 aliphatic rings. The van der Waals surface area contributed by atoms with Crippen LogP contribution < -0.4 is 5.32 Å². The highest BCUT2D eigenvalue weighted by molar-refractivity contribution is 7.08. The second-order valence-corrected chi connectivity index (χ2v) is 4.77. The lowest BCUT2D eigenvalue weighted by Crippen LogP contribution is -2.08. The molecule has 0 saturated carbocycles. The van der Waals surface area contributed by atoms with E-state index < -0.39 is 0 Å². The molecule has 13 heavy (non-hydrogen) atoms. The first-order chi connectivity index (χ1) is 6.43. The van der Waals surface area contributed by atoms with E-state index in [-0.39, 0.29) is 0 Å². The van der Waals surface area contributed by atoms with E-state index in [1.807, 2.05) is 0 Å². The summed E-state index contributed by atoms with van der Waals surface area (Å²) in [5.41, 5.74) is 3.04. The summed E-state index contributed by atoms with van der Waals surface area (Å²) in [6.07, 6.45) is 3.76. The van der Waals surface area contributed by atoms with Gasteiger partial charge in [0.2, 0.25) is 0 Å². The van der Waals surface area contributed by atoms with Crippen LogP contribution in [0.25, 0.3) is 5.57 Å². The molecule has 68 valence electrons. The summed E-state index contributed by atoms with van der Waals surface area (Å²) in [5.74, 6) is 1.70. The number of fused-ring (bicyclic) bond motifs is 1. The van der Waals surface area contributed by atoms with Gasteiger partial charge in [0.25, 0.3) is 0 Å². The second-order valence-electron chi connectivity index (χ2n) is 3.99. The Balaban J connectivity index is 1.88. The Morgan fingerprint density at radius 3 is 3.15 bits per heavy atom. The minimum Gasteiger partial charge on any atom is -0.316 e. The largest absolute Gasteiger partial charge is 0.316 e. The van der Waals surface area contributed by atoms with Crippen molar-refractivity contribution < 1.29 is 0 Å². The van der Waals surface area contributed by atoms with E-state index in [9.17, 15) is 0 Å². The van der Waals surface area contributed by atoms with Crippen molar-refractivity contribution in [2.45, 2.75) is 6.42 Å². The molecule has 1 N–H and O–H groups in total. The lowest BCUT2D eigenvalue weighted by Gasteiger charge is -2.04. The van der Waals surface area contributed by atoms with Crippen LogP contribution in [-0.4, -0.2) is 13.1 Å². The van der Waals surface area contributed by atoms with Gasteiger partial charge in [-0.3, -0.25) is 0 Å². The van der Waals surface area contributed by atoms with Crippen molar-refractivity contribution in [2.24, 2.45) is 11.8 Å². The highest BCUT2D eigenvalue weighted by Crippen LogP contribution is 2.38. The van der Waals surface area contributed by atoms with Gasteiger partial charge in [-0.2, -0.15) is 11.3 Å². The van der Waals surface area contributed by atoms with Crippen molar-refractivity contribution in [3.63, 3.8) is 0 Å². The van der Waals surface area contributed by atoms with Crippen LogP contribution >= 0.6 is 11.3 Å². The van der Waals surface area contributed by atoms with E-state index in [4.69, 9.17) is 0 Å². The van der Waals surface area contributed by atoms with Crippen LogP contribution in [0.1, 0.15) is 12.0 Å². The number of nitrogens with one attached hydrogen (secondary N) is 1. The van der Waals surface area contributed by atoms with Gasteiger partial charge in [0.15, 0.2) is 0 Å².